The van der Waals surface area contributed by atoms with Crippen LogP contribution in [0.5, 0.6) is 0 Å². The first-order chi connectivity index (χ1) is 11.8. The molecule has 3 N–H and O–H groups in total. The number of aromatic nitrogens is 2. The van der Waals surface area contributed by atoms with Gasteiger partial charge in [-0.25, -0.2) is 17.4 Å². The third kappa shape index (κ3) is 3.32. The van der Waals surface area contributed by atoms with Crippen LogP contribution in [0.3, 0.4) is 0 Å². The van der Waals surface area contributed by atoms with E-state index in [-0.39, 0.29) is 5.95 Å². The Morgan fingerprint density at radius 3 is 2.64 bits per heavy atom. The maximum absolute atomic E-state index is 12.6. The highest BCUT2D eigenvalue weighted by Crippen LogP contribution is 2.25. The average Bonchev–Trinajstić information content (AvgIpc) is 2.88. The van der Waals surface area contributed by atoms with Crippen molar-refractivity contribution >= 4 is 32.7 Å². The number of hydrogen-bond acceptors (Lipinski definition) is 5. The molecule has 1 heterocycles. The summed E-state index contributed by atoms with van der Waals surface area (Å²) in [4.78, 5) is 4.17. The van der Waals surface area contributed by atoms with Crippen LogP contribution < -0.4 is 11.1 Å². The van der Waals surface area contributed by atoms with Gasteiger partial charge in [0.05, 0.1) is 16.3 Å². The van der Waals surface area contributed by atoms with Crippen LogP contribution in [0.2, 0.25) is 0 Å². The highest BCUT2D eigenvalue weighted by atomic mass is 32.2. The molecule has 2 aromatic carbocycles. The van der Waals surface area contributed by atoms with Crippen LogP contribution in [-0.2, 0) is 16.6 Å². The van der Waals surface area contributed by atoms with E-state index >= 15 is 0 Å². The summed E-state index contributed by atoms with van der Waals surface area (Å²) in [7, 11) is -3.58. The zero-order valence-corrected chi connectivity index (χ0v) is 15.3. The monoisotopic (exact) mass is 358 g/mol. The number of benzene rings is 2. The van der Waals surface area contributed by atoms with E-state index in [0.29, 0.717) is 17.6 Å². The Kier molecular flexibility index (Phi) is 4.43. The highest BCUT2D eigenvalue weighted by Gasteiger charge is 2.24. The van der Waals surface area contributed by atoms with Gasteiger partial charge in [0.15, 0.2) is 0 Å². The average molecular weight is 358 g/mol. The number of nitrogen functional groups attached to an aromatic ring is 1. The number of anilines is 2. The molecule has 0 amide bonds. The molecule has 3 rings (SSSR count). The standard InChI is InChI=1S/C18H22N4O2S/c1-12(2)25(23,24)22-17-10-15(7-8-16(17)21-18(22)19)20-11-14-6-4-5-13(3)9-14/h4-10,12,20H,11H2,1-3H3,(H2,19,21). The minimum Gasteiger partial charge on any atom is -0.381 e. The van der Waals surface area contributed by atoms with Crippen molar-refractivity contribution in [2.45, 2.75) is 32.6 Å². The fourth-order valence-electron chi connectivity index (χ4n) is 2.69. The van der Waals surface area contributed by atoms with E-state index < -0.39 is 15.3 Å². The molecule has 6 nitrogen and oxygen atoms in total. The van der Waals surface area contributed by atoms with Crippen molar-refractivity contribution < 1.29 is 8.42 Å². The van der Waals surface area contributed by atoms with Crippen molar-refractivity contribution in [3.8, 4) is 0 Å². The molecule has 0 fully saturated rings. The summed E-state index contributed by atoms with van der Waals surface area (Å²) in [6, 6.07) is 13.6. The zero-order chi connectivity index (χ0) is 18.2. The summed E-state index contributed by atoms with van der Waals surface area (Å²) >= 11 is 0. The van der Waals surface area contributed by atoms with Gasteiger partial charge in [-0.3, -0.25) is 0 Å². The van der Waals surface area contributed by atoms with Gasteiger partial charge in [-0.05, 0) is 44.5 Å². The number of nitrogens with zero attached hydrogens (tertiary/aromatic N) is 2. The lowest BCUT2D eigenvalue weighted by molar-refractivity contribution is 0.580. The number of nitrogens with two attached hydrogens (primary N) is 1. The summed E-state index contributed by atoms with van der Waals surface area (Å²) in [5.41, 5.74) is 10.1. The molecule has 0 unspecified atom stereocenters. The van der Waals surface area contributed by atoms with E-state index in [2.05, 4.69) is 16.4 Å². The molecular formula is C18H22N4O2S. The second-order valence-corrected chi connectivity index (χ2v) is 8.71. The molecule has 0 atom stereocenters. The summed E-state index contributed by atoms with van der Waals surface area (Å²) in [5, 5.41) is 2.73. The maximum Gasteiger partial charge on any atom is 0.244 e. The van der Waals surface area contributed by atoms with E-state index in [1.54, 1.807) is 26.0 Å². The predicted molar refractivity (Wildman–Crippen MR) is 102 cm³/mol. The van der Waals surface area contributed by atoms with Crippen molar-refractivity contribution in [2.75, 3.05) is 11.1 Å². The largest absolute Gasteiger partial charge is 0.381 e. The number of hydrogen-bond donors (Lipinski definition) is 2. The van der Waals surface area contributed by atoms with Crippen molar-refractivity contribution in [1.29, 1.82) is 0 Å². The lowest BCUT2D eigenvalue weighted by Crippen LogP contribution is -2.23. The van der Waals surface area contributed by atoms with E-state index in [4.69, 9.17) is 5.73 Å². The molecule has 0 saturated carbocycles. The Bertz CT molecular complexity index is 1020. The first kappa shape index (κ1) is 17.3. The van der Waals surface area contributed by atoms with Crippen LogP contribution in [0.15, 0.2) is 42.5 Å². The molecule has 25 heavy (non-hydrogen) atoms. The summed E-state index contributed by atoms with van der Waals surface area (Å²) in [6.07, 6.45) is 0. The van der Waals surface area contributed by atoms with E-state index in [1.807, 2.05) is 31.2 Å². The maximum atomic E-state index is 12.6. The highest BCUT2D eigenvalue weighted by molar-refractivity contribution is 7.90. The lowest BCUT2D eigenvalue weighted by Gasteiger charge is -2.12. The minimum atomic E-state index is -3.58. The first-order valence-electron chi connectivity index (χ1n) is 8.11. The third-order valence-electron chi connectivity index (χ3n) is 4.07. The van der Waals surface area contributed by atoms with E-state index in [1.165, 1.54) is 5.56 Å². The van der Waals surface area contributed by atoms with Crippen LogP contribution in [-0.4, -0.2) is 22.6 Å². The molecule has 0 radical (unpaired) electrons. The Labute approximate surface area is 147 Å². The Balaban J connectivity index is 1.96. The van der Waals surface area contributed by atoms with E-state index in [9.17, 15) is 8.42 Å². The molecule has 0 spiro atoms. The van der Waals surface area contributed by atoms with Crippen molar-refractivity contribution in [2.24, 2.45) is 0 Å². The molecule has 7 heteroatoms. The number of fused-ring (bicyclic) bond motifs is 1. The number of rotatable bonds is 5. The Hall–Kier alpha value is -2.54. The Morgan fingerprint density at radius 2 is 1.96 bits per heavy atom. The molecule has 0 aliphatic heterocycles. The summed E-state index contributed by atoms with van der Waals surface area (Å²) in [5.74, 6) is -0.0143. The van der Waals surface area contributed by atoms with Crippen molar-refractivity contribution in [3.05, 3.63) is 53.6 Å². The topological polar surface area (TPSA) is 90.0 Å². The SMILES string of the molecule is Cc1cccc(CNc2ccc3nc(N)n(S(=O)(=O)C(C)C)c3c2)c1. The number of imidazole rings is 1. The van der Waals surface area contributed by atoms with Crippen LogP contribution in [0.25, 0.3) is 11.0 Å². The number of aryl methyl sites for hydroxylation is 1. The van der Waals surface area contributed by atoms with Crippen LogP contribution in [0.1, 0.15) is 25.0 Å². The van der Waals surface area contributed by atoms with Crippen LogP contribution >= 0.6 is 0 Å². The second kappa shape index (κ2) is 6.40. The molecular weight excluding hydrogens is 336 g/mol. The van der Waals surface area contributed by atoms with Crippen molar-refractivity contribution in [3.63, 3.8) is 0 Å². The molecule has 0 bridgehead atoms. The molecule has 1 aromatic heterocycles. The zero-order valence-electron chi connectivity index (χ0n) is 14.5. The quantitative estimate of drug-likeness (QED) is 0.731. The van der Waals surface area contributed by atoms with Gasteiger partial charge in [-0.15, -0.1) is 0 Å². The third-order valence-corrected chi connectivity index (χ3v) is 6.15. The van der Waals surface area contributed by atoms with Gasteiger partial charge in [-0.1, -0.05) is 29.8 Å². The smallest absolute Gasteiger partial charge is 0.244 e. The van der Waals surface area contributed by atoms with Gasteiger partial charge in [0.25, 0.3) is 0 Å². The van der Waals surface area contributed by atoms with Gasteiger partial charge < -0.3 is 11.1 Å². The van der Waals surface area contributed by atoms with Gasteiger partial charge in [0.2, 0.25) is 16.0 Å². The van der Waals surface area contributed by atoms with Gasteiger partial charge >= 0.3 is 0 Å². The summed E-state index contributed by atoms with van der Waals surface area (Å²) < 4.78 is 26.3. The lowest BCUT2D eigenvalue weighted by atomic mass is 10.1. The number of nitrogens with one attached hydrogen (secondary N) is 1. The Morgan fingerprint density at radius 1 is 1.20 bits per heavy atom. The first-order valence-corrected chi connectivity index (χ1v) is 9.61. The normalized spacial score (nSPS) is 12.0. The molecule has 132 valence electrons. The van der Waals surface area contributed by atoms with E-state index in [0.717, 1.165) is 15.2 Å². The fraction of sp³-hybridized carbons (Fsp3) is 0.278. The fourth-order valence-corrected chi connectivity index (χ4v) is 3.83. The molecule has 0 aliphatic rings. The summed E-state index contributed by atoms with van der Waals surface area (Å²) in [6.45, 7) is 5.95. The second-order valence-electron chi connectivity index (χ2n) is 6.37. The molecule has 0 saturated heterocycles. The van der Waals surface area contributed by atoms with Gasteiger partial charge in [0.1, 0.15) is 0 Å². The van der Waals surface area contributed by atoms with Gasteiger partial charge in [0, 0.05) is 12.2 Å². The molecule has 3 aromatic rings. The van der Waals surface area contributed by atoms with Crippen LogP contribution in [0, 0.1) is 6.92 Å². The minimum absolute atomic E-state index is 0.0143. The predicted octanol–water partition coefficient (Wildman–Crippen LogP) is 3.13. The van der Waals surface area contributed by atoms with Crippen molar-refractivity contribution in [1.82, 2.24) is 8.96 Å². The molecule has 0 aliphatic carbocycles. The van der Waals surface area contributed by atoms with Gasteiger partial charge in [-0.2, -0.15) is 0 Å². The van der Waals surface area contributed by atoms with Crippen LogP contribution in [0.4, 0.5) is 11.6 Å².